The molecule has 1 unspecified atom stereocenters. The molecule has 0 rings (SSSR count). The summed E-state index contributed by atoms with van der Waals surface area (Å²) in [4.78, 5) is 4.85. The van der Waals surface area contributed by atoms with Crippen LogP contribution in [0.25, 0.3) is 0 Å². The smallest absolute Gasteiger partial charge is 0.0214 e. The molecule has 1 N–H and O–H groups in total. The fourth-order valence-electron chi connectivity index (χ4n) is 2.03. The van der Waals surface area contributed by atoms with Crippen LogP contribution in [0.4, 0.5) is 0 Å². The van der Waals surface area contributed by atoms with Crippen molar-refractivity contribution < 1.29 is 0 Å². The van der Waals surface area contributed by atoms with Gasteiger partial charge in [0.05, 0.1) is 0 Å². The molecule has 3 heteroatoms. The normalized spacial score (nSPS) is 14.3. The number of nitrogens with zero attached hydrogens (tertiary/aromatic N) is 2. The molecule has 0 aliphatic heterocycles. The number of rotatable bonds is 9. The van der Waals surface area contributed by atoms with Crippen molar-refractivity contribution in [2.24, 2.45) is 11.8 Å². The molecule has 0 saturated heterocycles. The Hall–Kier alpha value is -0.120. The Morgan fingerprint density at radius 2 is 1.53 bits per heavy atom. The summed E-state index contributed by atoms with van der Waals surface area (Å²) in [7, 11) is 6.36. The predicted molar refractivity (Wildman–Crippen MR) is 77.5 cm³/mol. The second-order valence-electron chi connectivity index (χ2n) is 6.10. The molecule has 0 aromatic carbocycles. The zero-order chi connectivity index (χ0) is 13.4. The minimum atomic E-state index is 0.593. The van der Waals surface area contributed by atoms with Gasteiger partial charge in [0, 0.05) is 32.2 Å². The number of hydrogen-bond donors (Lipinski definition) is 1. The standard InChI is InChI=1S/C14H33N3/c1-12(2)10-17(9-8-16(6)7)11-14(15-5)13(3)4/h12-15H,8-11H2,1-7H3. The second-order valence-corrected chi connectivity index (χ2v) is 6.10. The first-order chi connectivity index (χ1) is 7.86. The summed E-state index contributed by atoms with van der Waals surface area (Å²) in [5.74, 6) is 1.43. The lowest BCUT2D eigenvalue weighted by molar-refractivity contribution is 0.186. The van der Waals surface area contributed by atoms with Gasteiger partial charge < -0.3 is 15.1 Å². The van der Waals surface area contributed by atoms with Gasteiger partial charge in [-0.1, -0.05) is 27.7 Å². The minimum absolute atomic E-state index is 0.593. The van der Waals surface area contributed by atoms with Crippen molar-refractivity contribution >= 4 is 0 Å². The third-order valence-corrected chi connectivity index (χ3v) is 3.12. The molecule has 3 nitrogen and oxygen atoms in total. The third kappa shape index (κ3) is 8.58. The monoisotopic (exact) mass is 243 g/mol. The highest BCUT2D eigenvalue weighted by Gasteiger charge is 2.16. The molecule has 17 heavy (non-hydrogen) atoms. The Morgan fingerprint density at radius 3 is 1.88 bits per heavy atom. The van der Waals surface area contributed by atoms with Crippen molar-refractivity contribution in [2.75, 3.05) is 47.3 Å². The van der Waals surface area contributed by atoms with Crippen LogP contribution in [0.1, 0.15) is 27.7 Å². The van der Waals surface area contributed by atoms with Gasteiger partial charge in [-0.3, -0.25) is 0 Å². The highest BCUT2D eigenvalue weighted by atomic mass is 15.2. The zero-order valence-electron chi connectivity index (χ0n) is 13.0. The van der Waals surface area contributed by atoms with Gasteiger partial charge in [-0.05, 0) is 33.0 Å². The summed E-state index contributed by atoms with van der Waals surface area (Å²) in [5.41, 5.74) is 0. The first-order valence-electron chi connectivity index (χ1n) is 6.91. The van der Waals surface area contributed by atoms with Crippen LogP contribution in [0, 0.1) is 11.8 Å². The van der Waals surface area contributed by atoms with E-state index in [2.05, 4.69) is 64.0 Å². The Labute approximate surface area is 109 Å². The van der Waals surface area contributed by atoms with E-state index in [1.165, 1.54) is 6.54 Å². The van der Waals surface area contributed by atoms with E-state index in [4.69, 9.17) is 0 Å². The van der Waals surface area contributed by atoms with E-state index in [1.807, 2.05) is 0 Å². The quantitative estimate of drug-likeness (QED) is 0.665. The van der Waals surface area contributed by atoms with Crippen LogP contribution in [0.3, 0.4) is 0 Å². The molecule has 0 heterocycles. The Kier molecular flexibility index (Phi) is 8.83. The summed E-state index contributed by atoms with van der Waals surface area (Å²) in [6.45, 7) is 13.8. The number of hydrogen-bond acceptors (Lipinski definition) is 3. The van der Waals surface area contributed by atoms with E-state index < -0.39 is 0 Å². The van der Waals surface area contributed by atoms with E-state index >= 15 is 0 Å². The molecule has 0 spiro atoms. The highest BCUT2D eigenvalue weighted by Crippen LogP contribution is 2.06. The van der Waals surface area contributed by atoms with E-state index in [-0.39, 0.29) is 0 Å². The summed E-state index contributed by atoms with van der Waals surface area (Å²) < 4.78 is 0. The van der Waals surface area contributed by atoms with Gasteiger partial charge in [0.1, 0.15) is 0 Å². The van der Waals surface area contributed by atoms with Gasteiger partial charge >= 0.3 is 0 Å². The largest absolute Gasteiger partial charge is 0.315 e. The van der Waals surface area contributed by atoms with Crippen molar-refractivity contribution in [1.82, 2.24) is 15.1 Å². The molecule has 104 valence electrons. The molecular formula is C14H33N3. The SMILES string of the molecule is CNC(CN(CCN(C)C)CC(C)C)C(C)C. The summed E-state index contributed by atoms with van der Waals surface area (Å²) in [5, 5.41) is 3.44. The van der Waals surface area contributed by atoms with Crippen LogP contribution >= 0.6 is 0 Å². The van der Waals surface area contributed by atoms with Gasteiger partial charge in [-0.15, -0.1) is 0 Å². The fourth-order valence-corrected chi connectivity index (χ4v) is 2.03. The van der Waals surface area contributed by atoms with Gasteiger partial charge in [0.2, 0.25) is 0 Å². The molecule has 0 radical (unpaired) electrons. The topological polar surface area (TPSA) is 18.5 Å². The van der Waals surface area contributed by atoms with Gasteiger partial charge in [0.25, 0.3) is 0 Å². The van der Waals surface area contributed by atoms with Crippen LogP contribution in [0.2, 0.25) is 0 Å². The van der Waals surface area contributed by atoms with Crippen molar-refractivity contribution in [1.29, 1.82) is 0 Å². The molecule has 1 atom stereocenters. The van der Waals surface area contributed by atoms with E-state index in [0.29, 0.717) is 12.0 Å². The lowest BCUT2D eigenvalue weighted by atomic mass is 10.0. The summed E-state index contributed by atoms with van der Waals surface area (Å²) in [6, 6.07) is 0.593. The van der Waals surface area contributed by atoms with Gasteiger partial charge in [0.15, 0.2) is 0 Å². The maximum Gasteiger partial charge on any atom is 0.0214 e. The zero-order valence-corrected chi connectivity index (χ0v) is 13.0. The Balaban J connectivity index is 4.25. The lowest BCUT2D eigenvalue weighted by Gasteiger charge is -2.31. The van der Waals surface area contributed by atoms with Crippen molar-refractivity contribution in [3.05, 3.63) is 0 Å². The fraction of sp³-hybridized carbons (Fsp3) is 1.00. The predicted octanol–water partition coefficient (Wildman–Crippen LogP) is 1.75. The molecule has 0 amide bonds. The lowest BCUT2D eigenvalue weighted by Crippen LogP contribution is -2.45. The Bertz CT molecular complexity index is 178. The third-order valence-electron chi connectivity index (χ3n) is 3.12. The molecule has 0 aliphatic rings. The first-order valence-corrected chi connectivity index (χ1v) is 6.91. The maximum absolute atomic E-state index is 3.44. The number of nitrogens with one attached hydrogen (secondary N) is 1. The molecular weight excluding hydrogens is 210 g/mol. The van der Waals surface area contributed by atoms with Gasteiger partial charge in [-0.2, -0.15) is 0 Å². The highest BCUT2D eigenvalue weighted by molar-refractivity contribution is 4.74. The van der Waals surface area contributed by atoms with Crippen LogP contribution in [-0.4, -0.2) is 63.2 Å². The van der Waals surface area contributed by atoms with Crippen molar-refractivity contribution in [3.63, 3.8) is 0 Å². The average molecular weight is 243 g/mol. The van der Waals surface area contributed by atoms with Crippen molar-refractivity contribution in [3.8, 4) is 0 Å². The van der Waals surface area contributed by atoms with E-state index in [9.17, 15) is 0 Å². The molecule has 0 bridgehead atoms. The molecule has 0 aliphatic carbocycles. The van der Waals surface area contributed by atoms with E-state index in [0.717, 1.165) is 25.6 Å². The first kappa shape index (κ1) is 16.9. The minimum Gasteiger partial charge on any atom is -0.315 e. The van der Waals surface area contributed by atoms with Crippen LogP contribution < -0.4 is 5.32 Å². The van der Waals surface area contributed by atoms with Crippen LogP contribution in [-0.2, 0) is 0 Å². The van der Waals surface area contributed by atoms with Crippen molar-refractivity contribution in [2.45, 2.75) is 33.7 Å². The average Bonchev–Trinajstić information content (AvgIpc) is 2.20. The molecule has 0 saturated carbocycles. The van der Waals surface area contributed by atoms with Crippen LogP contribution in [0.15, 0.2) is 0 Å². The van der Waals surface area contributed by atoms with Crippen LogP contribution in [0.5, 0.6) is 0 Å². The van der Waals surface area contributed by atoms with Gasteiger partial charge in [-0.25, -0.2) is 0 Å². The second kappa shape index (κ2) is 8.90. The summed E-state index contributed by atoms with van der Waals surface area (Å²) >= 11 is 0. The number of likely N-dealkylation sites (N-methyl/N-ethyl adjacent to an activating group) is 2. The molecule has 0 fully saturated rings. The maximum atomic E-state index is 3.44. The van der Waals surface area contributed by atoms with E-state index in [1.54, 1.807) is 0 Å². The Morgan fingerprint density at radius 1 is 0.941 bits per heavy atom. The molecule has 0 aromatic heterocycles. The summed E-state index contributed by atoms with van der Waals surface area (Å²) in [6.07, 6.45) is 0. The molecule has 0 aromatic rings.